The molecule has 1 amide bonds. The fraction of sp³-hybridized carbons (Fsp3) is 0.364. The van der Waals surface area contributed by atoms with E-state index in [1.165, 1.54) is 27.1 Å². The summed E-state index contributed by atoms with van der Waals surface area (Å²) in [5.41, 5.74) is 0.304. The van der Waals surface area contributed by atoms with Gasteiger partial charge in [-0.05, 0) is 30.7 Å². The van der Waals surface area contributed by atoms with Crippen LogP contribution in [0.15, 0.2) is 23.1 Å². The Hall–Kier alpha value is -1.47. The third-order valence-corrected chi connectivity index (χ3v) is 4.43. The van der Waals surface area contributed by atoms with Crippen LogP contribution >= 0.6 is 0 Å². The van der Waals surface area contributed by atoms with Crippen LogP contribution in [0.2, 0.25) is 0 Å². The molecule has 18 heavy (non-hydrogen) atoms. The van der Waals surface area contributed by atoms with Gasteiger partial charge in [-0.25, -0.2) is 12.8 Å². The van der Waals surface area contributed by atoms with Crippen LogP contribution in [0.5, 0.6) is 0 Å². The molecule has 5 nitrogen and oxygen atoms in total. The Kier molecular flexibility index (Phi) is 4.42. The number of nitrogens with zero attached hydrogens (tertiary/aromatic N) is 1. The average molecular weight is 274 g/mol. The summed E-state index contributed by atoms with van der Waals surface area (Å²) in [4.78, 5) is 11.2. The second-order valence-corrected chi connectivity index (χ2v) is 5.86. The monoisotopic (exact) mass is 274 g/mol. The molecule has 0 atom stereocenters. The summed E-state index contributed by atoms with van der Waals surface area (Å²) in [6, 6.07) is 3.41. The first-order valence-corrected chi connectivity index (χ1v) is 6.66. The van der Waals surface area contributed by atoms with E-state index < -0.39 is 21.7 Å². The summed E-state index contributed by atoms with van der Waals surface area (Å²) in [6.07, 6.45) is 0. The second-order valence-electron chi connectivity index (χ2n) is 3.84. The van der Waals surface area contributed by atoms with Gasteiger partial charge in [0.05, 0.1) is 11.4 Å². The van der Waals surface area contributed by atoms with E-state index in [-0.39, 0.29) is 11.4 Å². The number of likely N-dealkylation sites (N-methyl/N-ethyl adjacent to an activating group) is 2. The van der Waals surface area contributed by atoms with Crippen molar-refractivity contribution in [3.63, 3.8) is 0 Å². The fourth-order valence-corrected chi connectivity index (χ4v) is 2.77. The van der Waals surface area contributed by atoms with E-state index in [2.05, 4.69) is 5.32 Å². The van der Waals surface area contributed by atoms with E-state index in [0.717, 1.165) is 16.4 Å². The maximum absolute atomic E-state index is 12.9. The molecule has 7 heteroatoms. The molecule has 100 valence electrons. The highest BCUT2D eigenvalue weighted by atomic mass is 32.2. The lowest BCUT2D eigenvalue weighted by molar-refractivity contribution is -0.120. The van der Waals surface area contributed by atoms with Crippen molar-refractivity contribution >= 4 is 15.9 Å². The van der Waals surface area contributed by atoms with Crippen LogP contribution in [0.4, 0.5) is 4.39 Å². The van der Waals surface area contributed by atoms with Gasteiger partial charge in [0.25, 0.3) is 0 Å². The predicted octanol–water partition coefficient (Wildman–Crippen LogP) is 0.501. The maximum Gasteiger partial charge on any atom is 0.243 e. The third kappa shape index (κ3) is 3.05. The van der Waals surface area contributed by atoms with Crippen molar-refractivity contribution in [2.24, 2.45) is 0 Å². The number of rotatable bonds is 4. The highest BCUT2D eigenvalue weighted by Crippen LogP contribution is 2.19. The Balaban J connectivity index is 3.09. The first kappa shape index (κ1) is 14.6. The number of halogens is 1. The summed E-state index contributed by atoms with van der Waals surface area (Å²) >= 11 is 0. The zero-order valence-electron chi connectivity index (χ0n) is 10.4. The van der Waals surface area contributed by atoms with Gasteiger partial charge in [0.1, 0.15) is 5.82 Å². The van der Waals surface area contributed by atoms with Crippen LogP contribution in [0.25, 0.3) is 0 Å². The highest BCUT2D eigenvalue weighted by Gasteiger charge is 2.24. The summed E-state index contributed by atoms with van der Waals surface area (Å²) < 4.78 is 38.1. The first-order valence-electron chi connectivity index (χ1n) is 5.22. The van der Waals surface area contributed by atoms with E-state index >= 15 is 0 Å². The molecule has 0 aliphatic carbocycles. The van der Waals surface area contributed by atoms with Crippen molar-refractivity contribution in [3.05, 3.63) is 29.6 Å². The van der Waals surface area contributed by atoms with Crippen molar-refractivity contribution in [2.45, 2.75) is 11.8 Å². The number of aryl methyl sites for hydroxylation is 1. The SMILES string of the molecule is CNC(=O)CN(C)S(=O)(=O)c1ccc(F)cc1C. The van der Waals surface area contributed by atoms with Crippen LogP contribution < -0.4 is 5.32 Å². The summed E-state index contributed by atoms with van der Waals surface area (Å²) in [6.45, 7) is 1.22. The minimum absolute atomic E-state index is 0.00435. The van der Waals surface area contributed by atoms with E-state index in [1.54, 1.807) is 0 Å². The summed E-state index contributed by atoms with van der Waals surface area (Å²) in [5.74, 6) is -0.916. The smallest absolute Gasteiger partial charge is 0.243 e. The Morgan fingerprint density at radius 1 is 1.44 bits per heavy atom. The summed E-state index contributed by atoms with van der Waals surface area (Å²) in [7, 11) is -1.06. The molecule has 0 saturated heterocycles. The number of hydrogen-bond donors (Lipinski definition) is 1. The molecular formula is C11H15FN2O3S. The molecule has 1 aromatic carbocycles. The van der Waals surface area contributed by atoms with Crippen LogP contribution in [-0.2, 0) is 14.8 Å². The van der Waals surface area contributed by atoms with E-state index in [0.29, 0.717) is 5.56 Å². The molecule has 0 spiro atoms. The van der Waals surface area contributed by atoms with Crippen LogP contribution in [0.1, 0.15) is 5.56 Å². The van der Waals surface area contributed by atoms with Gasteiger partial charge in [-0.15, -0.1) is 0 Å². The zero-order valence-corrected chi connectivity index (χ0v) is 11.2. The molecular weight excluding hydrogens is 259 g/mol. The molecule has 0 radical (unpaired) electrons. The van der Waals surface area contributed by atoms with Crippen molar-refractivity contribution < 1.29 is 17.6 Å². The molecule has 1 N–H and O–H groups in total. The zero-order chi connectivity index (χ0) is 13.9. The Morgan fingerprint density at radius 3 is 2.56 bits per heavy atom. The minimum atomic E-state index is -3.79. The first-order chi connectivity index (χ1) is 8.28. The predicted molar refractivity (Wildman–Crippen MR) is 65.0 cm³/mol. The normalized spacial score (nSPS) is 11.6. The van der Waals surface area contributed by atoms with Gasteiger partial charge >= 0.3 is 0 Å². The second kappa shape index (κ2) is 5.45. The molecule has 0 aromatic heterocycles. The van der Waals surface area contributed by atoms with Crippen molar-refractivity contribution in [1.29, 1.82) is 0 Å². The fourth-order valence-electron chi connectivity index (χ4n) is 1.44. The number of amides is 1. The third-order valence-electron chi connectivity index (χ3n) is 2.47. The number of carbonyl (C=O) groups is 1. The molecule has 0 bridgehead atoms. The topological polar surface area (TPSA) is 66.5 Å². The Morgan fingerprint density at radius 2 is 2.06 bits per heavy atom. The minimum Gasteiger partial charge on any atom is -0.358 e. The molecule has 0 unspecified atom stereocenters. The van der Waals surface area contributed by atoms with Crippen molar-refractivity contribution in [3.8, 4) is 0 Å². The number of carbonyl (C=O) groups excluding carboxylic acids is 1. The quantitative estimate of drug-likeness (QED) is 0.869. The van der Waals surface area contributed by atoms with Gasteiger partial charge < -0.3 is 5.32 Å². The average Bonchev–Trinajstić information content (AvgIpc) is 2.28. The number of sulfonamides is 1. The Bertz CT molecular complexity index is 557. The molecule has 0 aliphatic rings. The standard InChI is InChI=1S/C11H15FN2O3S/c1-8-6-9(12)4-5-10(8)18(16,17)14(3)7-11(15)13-2/h4-6H,7H2,1-3H3,(H,13,15). The van der Waals surface area contributed by atoms with Gasteiger partial charge in [-0.1, -0.05) is 0 Å². The van der Waals surface area contributed by atoms with Gasteiger partial charge in [-0.2, -0.15) is 4.31 Å². The lowest BCUT2D eigenvalue weighted by atomic mass is 10.2. The van der Waals surface area contributed by atoms with E-state index in [4.69, 9.17) is 0 Å². The van der Waals surface area contributed by atoms with Crippen molar-refractivity contribution in [2.75, 3.05) is 20.6 Å². The largest absolute Gasteiger partial charge is 0.358 e. The van der Waals surface area contributed by atoms with E-state index in [1.807, 2.05) is 0 Å². The maximum atomic E-state index is 12.9. The lowest BCUT2D eigenvalue weighted by Gasteiger charge is -2.17. The Labute approximate surface area is 106 Å². The van der Waals surface area contributed by atoms with Crippen LogP contribution in [0.3, 0.4) is 0 Å². The van der Waals surface area contributed by atoms with Gasteiger partial charge in [-0.3, -0.25) is 4.79 Å². The van der Waals surface area contributed by atoms with Crippen LogP contribution in [0, 0.1) is 12.7 Å². The molecule has 0 saturated carbocycles. The molecule has 1 rings (SSSR count). The van der Waals surface area contributed by atoms with Crippen molar-refractivity contribution in [1.82, 2.24) is 9.62 Å². The molecule has 0 aliphatic heterocycles. The molecule has 0 heterocycles. The lowest BCUT2D eigenvalue weighted by Crippen LogP contribution is -2.37. The van der Waals surface area contributed by atoms with Gasteiger partial charge in [0.15, 0.2) is 0 Å². The van der Waals surface area contributed by atoms with Gasteiger partial charge in [0, 0.05) is 14.1 Å². The molecule has 0 fully saturated rings. The van der Waals surface area contributed by atoms with Crippen LogP contribution in [-0.4, -0.2) is 39.3 Å². The van der Waals surface area contributed by atoms with Gasteiger partial charge in [0.2, 0.25) is 15.9 Å². The number of hydrogen-bond acceptors (Lipinski definition) is 3. The van der Waals surface area contributed by atoms with E-state index in [9.17, 15) is 17.6 Å². The number of nitrogens with one attached hydrogen (secondary N) is 1. The summed E-state index contributed by atoms with van der Waals surface area (Å²) in [5, 5.41) is 2.34. The molecule has 1 aromatic rings. The highest BCUT2D eigenvalue weighted by molar-refractivity contribution is 7.89. The number of benzene rings is 1.